The van der Waals surface area contributed by atoms with E-state index in [1.807, 2.05) is 0 Å². The Kier molecular flexibility index (Phi) is 7.78. The molecule has 0 unspecified atom stereocenters. The largest absolute Gasteiger partial charge is 0.486 e. The molecule has 0 fully saturated rings. The SMILES string of the molecule is CCC(=O)Nc1cc(Cl)cc(COc2c(Cl)cc(CCC(=O)O)cc2Cl)c1. The van der Waals surface area contributed by atoms with Crippen LogP contribution in [-0.2, 0) is 22.6 Å². The molecular formula is C19H18Cl3NO4. The van der Waals surface area contributed by atoms with E-state index < -0.39 is 5.97 Å². The molecule has 0 saturated heterocycles. The van der Waals surface area contributed by atoms with E-state index >= 15 is 0 Å². The highest BCUT2D eigenvalue weighted by Gasteiger charge is 2.12. The highest BCUT2D eigenvalue weighted by Crippen LogP contribution is 2.35. The Balaban J connectivity index is 2.12. The third-order valence-electron chi connectivity index (χ3n) is 3.63. The lowest BCUT2D eigenvalue weighted by molar-refractivity contribution is -0.137. The summed E-state index contributed by atoms with van der Waals surface area (Å²) in [7, 11) is 0. The Morgan fingerprint density at radius 1 is 1.04 bits per heavy atom. The predicted molar refractivity (Wildman–Crippen MR) is 107 cm³/mol. The van der Waals surface area contributed by atoms with Gasteiger partial charge in [0, 0.05) is 23.6 Å². The number of halogens is 3. The Labute approximate surface area is 172 Å². The van der Waals surface area contributed by atoms with Crippen LogP contribution in [0.5, 0.6) is 5.75 Å². The monoisotopic (exact) mass is 429 g/mol. The zero-order valence-electron chi connectivity index (χ0n) is 14.5. The molecule has 0 aliphatic carbocycles. The van der Waals surface area contributed by atoms with E-state index in [0.29, 0.717) is 44.9 Å². The average molecular weight is 431 g/mol. The Morgan fingerprint density at radius 3 is 2.30 bits per heavy atom. The van der Waals surface area contributed by atoms with Crippen LogP contribution in [0, 0.1) is 0 Å². The quantitative estimate of drug-likeness (QED) is 0.572. The molecule has 0 atom stereocenters. The number of amides is 1. The number of benzene rings is 2. The van der Waals surface area contributed by atoms with E-state index in [1.54, 1.807) is 37.3 Å². The molecular weight excluding hydrogens is 413 g/mol. The maximum absolute atomic E-state index is 11.5. The molecule has 0 aliphatic rings. The molecule has 0 spiro atoms. The van der Waals surface area contributed by atoms with Gasteiger partial charge < -0.3 is 15.2 Å². The summed E-state index contributed by atoms with van der Waals surface area (Å²) in [6.07, 6.45) is 0.670. The minimum atomic E-state index is -0.894. The number of carbonyl (C=O) groups excluding carboxylic acids is 1. The van der Waals surface area contributed by atoms with Gasteiger partial charge >= 0.3 is 5.97 Å². The summed E-state index contributed by atoms with van der Waals surface area (Å²) >= 11 is 18.5. The van der Waals surface area contributed by atoms with Crippen LogP contribution in [0.4, 0.5) is 5.69 Å². The molecule has 8 heteroatoms. The number of anilines is 1. The van der Waals surface area contributed by atoms with E-state index in [4.69, 9.17) is 44.6 Å². The number of carboxylic acid groups (broad SMARTS) is 1. The Hall–Kier alpha value is -1.95. The van der Waals surface area contributed by atoms with Crippen molar-refractivity contribution in [1.29, 1.82) is 0 Å². The van der Waals surface area contributed by atoms with Gasteiger partial charge in [0.25, 0.3) is 0 Å². The fourth-order valence-corrected chi connectivity index (χ4v) is 3.26. The fraction of sp³-hybridized carbons (Fsp3) is 0.263. The third-order valence-corrected chi connectivity index (χ3v) is 4.41. The molecule has 0 radical (unpaired) electrons. The number of carboxylic acids is 1. The van der Waals surface area contributed by atoms with Crippen LogP contribution < -0.4 is 10.1 Å². The molecule has 0 bridgehead atoms. The lowest BCUT2D eigenvalue weighted by atomic mass is 10.1. The number of nitrogens with one attached hydrogen (secondary N) is 1. The topological polar surface area (TPSA) is 75.6 Å². The Bertz CT molecular complexity index is 832. The number of rotatable bonds is 8. The zero-order chi connectivity index (χ0) is 20.0. The van der Waals surface area contributed by atoms with Crippen molar-refractivity contribution in [2.45, 2.75) is 32.8 Å². The minimum absolute atomic E-state index is 0.0123. The number of ether oxygens (including phenoxy) is 1. The van der Waals surface area contributed by atoms with Crippen molar-refractivity contribution in [2.75, 3.05) is 5.32 Å². The number of hydrogen-bond acceptors (Lipinski definition) is 3. The molecule has 2 N–H and O–H groups in total. The maximum atomic E-state index is 11.5. The van der Waals surface area contributed by atoms with E-state index in [9.17, 15) is 9.59 Å². The Morgan fingerprint density at radius 2 is 1.70 bits per heavy atom. The van der Waals surface area contributed by atoms with Gasteiger partial charge in [0.2, 0.25) is 5.91 Å². The van der Waals surface area contributed by atoms with Crippen molar-refractivity contribution < 1.29 is 19.4 Å². The van der Waals surface area contributed by atoms with Gasteiger partial charge in [-0.1, -0.05) is 41.7 Å². The average Bonchev–Trinajstić information content (AvgIpc) is 2.58. The highest BCUT2D eigenvalue weighted by atomic mass is 35.5. The lowest BCUT2D eigenvalue weighted by Gasteiger charge is -2.13. The van der Waals surface area contributed by atoms with Gasteiger partial charge in [-0.05, 0) is 47.9 Å². The number of carbonyl (C=O) groups is 2. The molecule has 5 nitrogen and oxygen atoms in total. The van der Waals surface area contributed by atoms with E-state index in [2.05, 4.69) is 5.32 Å². The summed E-state index contributed by atoms with van der Waals surface area (Å²) in [5.74, 6) is -0.710. The summed E-state index contributed by atoms with van der Waals surface area (Å²) < 4.78 is 5.72. The second-order valence-corrected chi connectivity index (χ2v) is 7.07. The van der Waals surface area contributed by atoms with Gasteiger partial charge in [0.05, 0.1) is 10.0 Å². The second kappa shape index (κ2) is 9.83. The molecule has 0 saturated carbocycles. The number of aryl methyl sites for hydroxylation is 1. The molecule has 0 aromatic heterocycles. The van der Waals surface area contributed by atoms with Gasteiger partial charge in [-0.3, -0.25) is 9.59 Å². The molecule has 0 heterocycles. The first-order valence-corrected chi connectivity index (χ1v) is 9.33. The molecule has 1 amide bonds. The zero-order valence-corrected chi connectivity index (χ0v) is 16.8. The van der Waals surface area contributed by atoms with E-state index in [-0.39, 0.29) is 18.9 Å². The number of aliphatic carboxylic acids is 1. The molecule has 2 rings (SSSR count). The third kappa shape index (κ3) is 6.61. The normalized spacial score (nSPS) is 10.5. The first-order valence-electron chi connectivity index (χ1n) is 8.20. The smallest absolute Gasteiger partial charge is 0.303 e. The van der Waals surface area contributed by atoms with E-state index in [1.165, 1.54) is 0 Å². The van der Waals surface area contributed by atoms with Crippen molar-refractivity contribution in [3.63, 3.8) is 0 Å². The van der Waals surface area contributed by atoms with Gasteiger partial charge in [-0.2, -0.15) is 0 Å². The van der Waals surface area contributed by atoms with Gasteiger partial charge in [0.15, 0.2) is 5.75 Å². The highest BCUT2D eigenvalue weighted by molar-refractivity contribution is 6.37. The van der Waals surface area contributed by atoms with Crippen LogP contribution in [0.2, 0.25) is 15.1 Å². The minimum Gasteiger partial charge on any atom is -0.486 e. The van der Waals surface area contributed by atoms with Gasteiger partial charge in [0.1, 0.15) is 6.61 Å². The van der Waals surface area contributed by atoms with Gasteiger partial charge in [-0.15, -0.1) is 0 Å². The molecule has 2 aromatic rings. The first kappa shape index (κ1) is 21.4. The summed E-state index contributed by atoms with van der Waals surface area (Å²) in [5, 5.41) is 12.6. The van der Waals surface area contributed by atoms with Crippen LogP contribution in [0.3, 0.4) is 0 Å². The maximum Gasteiger partial charge on any atom is 0.303 e. The molecule has 0 aliphatic heterocycles. The molecule has 144 valence electrons. The summed E-state index contributed by atoms with van der Waals surface area (Å²) in [5.41, 5.74) is 2.03. The van der Waals surface area contributed by atoms with Crippen LogP contribution in [0.25, 0.3) is 0 Å². The standard InChI is InChI=1S/C19H18Cl3NO4/c1-2-17(24)23-14-6-12(5-13(20)9-14)10-27-19-15(21)7-11(8-16(19)22)3-4-18(25)26/h5-9H,2-4,10H2,1H3,(H,23,24)(H,25,26). The van der Waals surface area contributed by atoms with Crippen molar-refractivity contribution in [2.24, 2.45) is 0 Å². The van der Waals surface area contributed by atoms with Crippen LogP contribution >= 0.6 is 34.8 Å². The molecule has 2 aromatic carbocycles. The van der Waals surface area contributed by atoms with Gasteiger partial charge in [-0.25, -0.2) is 0 Å². The van der Waals surface area contributed by atoms with Crippen molar-refractivity contribution >= 4 is 52.4 Å². The van der Waals surface area contributed by atoms with Crippen molar-refractivity contribution in [3.8, 4) is 5.75 Å². The number of hydrogen-bond donors (Lipinski definition) is 2. The van der Waals surface area contributed by atoms with Crippen molar-refractivity contribution in [1.82, 2.24) is 0 Å². The summed E-state index contributed by atoms with van der Waals surface area (Å²) in [6, 6.07) is 8.39. The summed E-state index contributed by atoms with van der Waals surface area (Å²) in [6.45, 7) is 1.90. The summed E-state index contributed by atoms with van der Waals surface area (Å²) in [4.78, 5) is 22.2. The van der Waals surface area contributed by atoms with Crippen LogP contribution in [-0.4, -0.2) is 17.0 Å². The predicted octanol–water partition coefficient (Wildman–Crippen LogP) is 5.59. The fourth-order valence-electron chi connectivity index (χ4n) is 2.36. The lowest BCUT2D eigenvalue weighted by Crippen LogP contribution is -2.10. The van der Waals surface area contributed by atoms with Crippen LogP contribution in [0.15, 0.2) is 30.3 Å². The van der Waals surface area contributed by atoms with E-state index in [0.717, 1.165) is 5.56 Å². The second-order valence-electron chi connectivity index (χ2n) is 5.82. The first-order chi connectivity index (χ1) is 12.8. The van der Waals surface area contributed by atoms with Crippen LogP contribution in [0.1, 0.15) is 30.9 Å². The molecule has 27 heavy (non-hydrogen) atoms. The van der Waals surface area contributed by atoms with Crippen molar-refractivity contribution in [3.05, 3.63) is 56.5 Å².